The molecule has 0 N–H and O–H groups in total. The number of fused-ring (bicyclic) bond motifs is 1. The molecule has 190 valence electrons. The second kappa shape index (κ2) is 9.30. The third-order valence-electron chi connectivity index (χ3n) is 10.6. The standard InChI is InChI=1S/C34H44NO/c1-4-5-6-12-22-36-34(29-17-8-7-9-18-29)25-35(23-26(2)31-20-21-32(34)33(31,35)3)24-28-16-13-15-27-14-10-11-19-30(27)28/h7-11,13-19,26,31-32H,4-6,12,20-25H2,1-3H3/q+1/t26-,31+,32+,33-,34+,35-/m1/s1. The average molecular weight is 483 g/mol. The molecule has 6 rings (SSSR count). The normalized spacial score (nSPS) is 34.9. The molecule has 2 nitrogen and oxygen atoms in total. The summed E-state index contributed by atoms with van der Waals surface area (Å²) in [6, 6.07) is 27.3. The minimum atomic E-state index is -0.179. The Balaban J connectivity index is 1.44. The van der Waals surface area contributed by atoms with Crippen molar-refractivity contribution in [3.8, 4) is 0 Å². The van der Waals surface area contributed by atoms with Gasteiger partial charge in [0.1, 0.15) is 18.6 Å². The van der Waals surface area contributed by atoms with Gasteiger partial charge in [0, 0.05) is 24.0 Å². The van der Waals surface area contributed by atoms with Crippen LogP contribution >= 0.6 is 0 Å². The van der Waals surface area contributed by atoms with Crippen LogP contribution in [-0.2, 0) is 16.9 Å². The molecule has 3 aromatic rings. The van der Waals surface area contributed by atoms with Crippen molar-refractivity contribution >= 4 is 10.8 Å². The van der Waals surface area contributed by atoms with Gasteiger partial charge in [-0.05, 0) is 42.5 Å². The highest BCUT2D eigenvalue weighted by Gasteiger charge is 2.78. The Bertz CT molecular complexity index is 1200. The molecule has 3 aliphatic rings. The molecule has 2 saturated heterocycles. The summed E-state index contributed by atoms with van der Waals surface area (Å²) in [6.45, 7) is 11.9. The molecule has 0 amide bonds. The third-order valence-corrected chi connectivity index (χ3v) is 10.6. The highest BCUT2D eigenvalue weighted by Crippen LogP contribution is 2.68. The molecule has 0 radical (unpaired) electrons. The Labute approximate surface area is 218 Å². The Morgan fingerprint density at radius 2 is 1.67 bits per heavy atom. The highest BCUT2D eigenvalue weighted by atomic mass is 16.5. The van der Waals surface area contributed by atoms with Crippen LogP contribution in [0.15, 0.2) is 72.8 Å². The van der Waals surface area contributed by atoms with Gasteiger partial charge in [-0.2, -0.15) is 0 Å². The van der Waals surface area contributed by atoms with Crippen LogP contribution in [0.3, 0.4) is 0 Å². The molecule has 1 saturated carbocycles. The van der Waals surface area contributed by atoms with Crippen molar-refractivity contribution in [3.63, 3.8) is 0 Å². The van der Waals surface area contributed by atoms with Gasteiger partial charge in [-0.3, -0.25) is 0 Å². The van der Waals surface area contributed by atoms with Crippen LogP contribution < -0.4 is 0 Å². The van der Waals surface area contributed by atoms with Crippen LogP contribution in [0.1, 0.15) is 70.4 Å². The van der Waals surface area contributed by atoms with Crippen molar-refractivity contribution in [3.05, 3.63) is 83.9 Å². The van der Waals surface area contributed by atoms with Gasteiger partial charge in [0.05, 0.1) is 12.5 Å². The fourth-order valence-electron chi connectivity index (χ4n) is 9.18. The number of hydrogen-bond acceptors (Lipinski definition) is 1. The maximum atomic E-state index is 7.22. The first-order valence-corrected chi connectivity index (χ1v) is 14.6. The van der Waals surface area contributed by atoms with E-state index in [0.717, 1.165) is 31.5 Å². The number of ether oxygens (including phenoxy) is 1. The Morgan fingerprint density at radius 1 is 0.889 bits per heavy atom. The molecule has 36 heavy (non-hydrogen) atoms. The smallest absolute Gasteiger partial charge is 0.150 e. The predicted molar refractivity (Wildman–Crippen MR) is 150 cm³/mol. The average Bonchev–Trinajstić information content (AvgIpc) is 3.44. The van der Waals surface area contributed by atoms with Gasteiger partial charge in [0.15, 0.2) is 5.60 Å². The molecule has 2 heterocycles. The van der Waals surface area contributed by atoms with Crippen molar-refractivity contribution in [1.82, 2.24) is 0 Å². The molecule has 0 bridgehead atoms. The SMILES string of the molecule is CCCCCCO[C@]1(c2ccccc2)C[N@+]2(Cc3cccc4ccccc34)C[C@@H](C)[C@@H]3CC[C@H]1[C@@]32C. The van der Waals surface area contributed by atoms with Crippen molar-refractivity contribution in [2.45, 2.75) is 77.0 Å². The summed E-state index contributed by atoms with van der Waals surface area (Å²) in [5, 5.41) is 2.80. The highest BCUT2D eigenvalue weighted by molar-refractivity contribution is 5.85. The van der Waals surface area contributed by atoms with Crippen molar-refractivity contribution in [2.24, 2.45) is 17.8 Å². The van der Waals surface area contributed by atoms with Crippen LogP contribution in [0.25, 0.3) is 10.8 Å². The zero-order valence-corrected chi connectivity index (χ0v) is 22.6. The summed E-state index contributed by atoms with van der Waals surface area (Å²) < 4.78 is 8.41. The molecule has 2 aliphatic heterocycles. The van der Waals surface area contributed by atoms with Crippen molar-refractivity contribution in [2.75, 3.05) is 19.7 Å². The van der Waals surface area contributed by atoms with E-state index in [1.54, 1.807) is 0 Å². The van der Waals surface area contributed by atoms with E-state index in [4.69, 9.17) is 4.74 Å². The minimum absolute atomic E-state index is 0.179. The van der Waals surface area contributed by atoms with Gasteiger partial charge >= 0.3 is 0 Å². The van der Waals surface area contributed by atoms with E-state index in [1.165, 1.54) is 71.5 Å². The lowest BCUT2D eigenvalue weighted by atomic mass is 9.73. The lowest BCUT2D eigenvalue weighted by Gasteiger charge is -2.44. The molecule has 1 aliphatic carbocycles. The zero-order chi connectivity index (χ0) is 24.8. The quantitative estimate of drug-likeness (QED) is 0.221. The van der Waals surface area contributed by atoms with Gasteiger partial charge < -0.3 is 9.22 Å². The van der Waals surface area contributed by atoms with Crippen LogP contribution in [0, 0.1) is 17.8 Å². The number of quaternary nitrogens is 1. The molecule has 3 aromatic carbocycles. The lowest BCUT2D eigenvalue weighted by Crippen LogP contribution is -2.57. The maximum Gasteiger partial charge on any atom is 0.150 e. The first kappa shape index (κ1) is 24.2. The van der Waals surface area contributed by atoms with E-state index < -0.39 is 0 Å². The summed E-state index contributed by atoms with van der Waals surface area (Å²) in [7, 11) is 0. The summed E-state index contributed by atoms with van der Waals surface area (Å²) in [5.74, 6) is 2.13. The van der Waals surface area contributed by atoms with Crippen LogP contribution in [-0.4, -0.2) is 29.7 Å². The second-order valence-corrected chi connectivity index (χ2v) is 12.4. The van der Waals surface area contributed by atoms with Crippen LogP contribution in [0.4, 0.5) is 0 Å². The van der Waals surface area contributed by atoms with E-state index in [-0.39, 0.29) is 11.1 Å². The summed E-state index contributed by atoms with van der Waals surface area (Å²) in [6.07, 6.45) is 7.68. The van der Waals surface area contributed by atoms with E-state index in [2.05, 4.69) is 93.6 Å². The molecule has 3 fully saturated rings. The van der Waals surface area contributed by atoms with Crippen LogP contribution in [0.2, 0.25) is 0 Å². The fourth-order valence-corrected chi connectivity index (χ4v) is 9.18. The van der Waals surface area contributed by atoms with E-state index in [0.29, 0.717) is 5.92 Å². The number of benzene rings is 3. The van der Waals surface area contributed by atoms with Crippen LogP contribution in [0.5, 0.6) is 0 Å². The van der Waals surface area contributed by atoms with Gasteiger partial charge in [-0.25, -0.2) is 0 Å². The number of nitrogens with zero attached hydrogens (tertiary/aromatic N) is 1. The Kier molecular flexibility index (Phi) is 6.25. The Hall–Kier alpha value is -2.16. The number of hydrogen-bond donors (Lipinski definition) is 0. The molecule has 6 atom stereocenters. The van der Waals surface area contributed by atoms with E-state index in [9.17, 15) is 0 Å². The molecule has 0 unspecified atom stereocenters. The lowest BCUT2D eigenvalue weighted by molar-refractivity contribution is -0.968. The second-order valence-electron chi connectivity index (χ2n) is 12.4. The summed E-state index contributed by atoms with van der Waals surface area (Å²) in [4.78, 5) is 0. The molecule has 0 aromatic heterocycles. The zero-order valence-electron chi connectivity index (χ0n) is 22.6. The first-order valence-electron chi connectivity index (χ1n) is 14.6. The largest absolute Gasteiger partial charge is 0.364 e. The molecule has 0 spiro atoms. The fraction of sp³-hybridized carbons (Fsp3) is 0.529. The van der Waals surface area contributed by atoms with E-state index >= 15 is 0 Å². The Morgan fingerprint density at radius 3 is 2.50 bits per heavy atom. The van der Waals surface area contributed by atoms with Gasteiger partial charge in [-0.1, -0.05) is 106 Å². The van der Waals surface area contributed by atoms with Crippen molar-refractivity contribution in [1.29, 1.82) is 0 Å². The topological polar surface area (TPSA) is 9.23 Å². The summed E-state index contributed by atoms with van der Waals surface area (Å²) in [5.41, 5.74) is 3.02. The van der Waals surface area contributed by atoms with Gasteiger partial charge in [-0.15, -0.1) is 0 Å². The molecule has 2 heteroatoms. The monoisotopic (exact) mass is 482 g/mol. The first-order chi connectivity index (χ1) is 17.5. The number of rotatable bonds is 9. The minimum Gasteiger partial charge on any atom is -0.364 e. The van der Waals surface area contributed by atoms with Gasteiger partial charge in [0.25, 0.3) is 0 Å². The maximum absolute atomic E-state index is 7.22. The van der Waals surface area contributed by atoms with E-state index in [1.807, 2.05) is 0 Å². The predicted octanol–water partition coefficient (Wildman–Crippen LogP) is 8.10. The third kappa shape index (κ3) is 3.51. The number of unbranched alkanes of at least 4 members (excludes halogenated alkanes) is 3. The molecular formula is C34H44NO+. The summed E-state index contributed by atoms with van der Waals surface area (Å²) >= 11 is 0. The van der Waals surface area contributed by atoms with Crippen molar-refractivity contribution < 1.29 is 9.22 Å². The van der Waals surface area contributed by atoms with Gasteiger partial charge in [0.2, 0.25) is 0 Å². The molecular weight excluding hydrogens is 438 g/mol.